The summed E-state index contributed by atoms with van der Waals surface area (Å²) >= 11 is 2.25. The summed E-state index contributed by atoms with van der Waals surface area (Å²) in [5.74, 6) is 11.1. The summed E-state index contributed by atoms with van der Waals surface area (Å²) in [6, 6.07) is 14.6. The fourth-order valence-corrected chi connectivity index (χ4v) is 18.4. The molecule has 10 rings (SSSR count). The normalized spacial score (nSPS) is 29.8. The molecule has 4 saturated heterocycles. The van der Waals surface area contributed by atoms with E-state index in [-0.39, 0.29) is 145 Å². The Kier molecular flexibility index (Phi) is 34.3. The van der Waals surface area contributed by atoms with Crippen LogP contribution in [0, 0.1) is 34.2 Å². The summed E-state index contributed by atoms with van der Waals surface area (Å²) in [4.78, 5) is 61.9. The Labute approximate surface area is 694 Å². The number of rotatable bonds is 35. The maximum absolute atomic E-state index is 14.4. The van der Waals surface area contributed by atoms with Gasteiger partial charge in [0.05, 0.1) is 130 Å². The first-order chi connectivity index (χ1) is 55.3. The van der Waals surface area contributed by atoms with Crippen molar-refractivity contribution in [2.75, 3.05) is 107 Å². The first-order valence-corrected chi connectivity index (χ1v) is 42.4. The van der Waals surface area contributed by atoms with Gasteiger partial charge in [0.2, 0.25) is 17.9 Å². The molecule has 31 nitrogen and oxygen atoms in total. The molecule has 0 aromatic heterocycles. The molecule has 0 spiro atoms. The highest BCUT2D eigenvalue weighted by Crippen LogP contribution is 2.49. The number of nitrogens with zero attached hydrogens (tertiary/aromatic N) is 1. The van der Waals surface area contributed by atoms with E-state index in [2.05, 4.69) is 69.4 Å². The van der Waals surface area contributed by atoms with Crippen LogP contribution >= 0.6 is 55.5 Å². The smallest absolute Gasteiger partial charge is 0.411 e. The Morgan fingerprint density at radius 3 is 2.12 bits per heavy atom. The fourth-order valence-electron chi connectivity index (χ4n) is 14.7. The molecule has 115 heavy (non-hydrogen) atoms. The number of aliphatic hydroxyl groups is 6. The second kappa shape index (κ2) is 43.3. The van der Waals surface area contributed by atoms with Crippen molar-refractivity contribution >= 4 is 84.5 Å². The number of carbonyl (C=O) groups excluding carboxylic acids is 4. The van der Waals surface area contributed by atoms with E-state index in [1.54, 1.807) is 44.6 Å². The van der Waals surface area contributed by atoms with E-state index in [1.165, 1.54) is 51.4 Å². The van der Waals surface area contributed by atoms with Crippen LogP contribution < -0.4 is 35.6 Å². The number of hydrogen-bond acceptors (Lipinski definition) is 29. The molecule has 0 saturated carbocycles. The summed E-state index contributed by atoms with van der Waals surface area (Å²) in [6.07, 6.45) is -15.5. The van der Waals surface area contributed by atoms with Gasteiger partial charge in [-0.25, -0.2) is 9.59 Å². The van der Waals surface area contributed by atoms with Crippen molar-refractivity contribution in [1.29, 1.82) is 0 Å². The molecule has 19 atom stereocenters. The number of alkyl carbamates (subject to hydrolysis) is 2. The Hall–Kier alpha value is -6.03. The van der Waals surface area contributed by atoms with Gasteiger partial charge in [0.15, 0.2) is 41.8 Å². The van der Waals surface area contributed by atoms with Gasteiger partial charge in [0, 0.05) is 68.2 Å². The molecule has 4 aliphatic heterocycles. The van der Waals surface area contributed by atoms with Crippen LogP contribution in [0.2, 0.25) is 0 Å². The number of ether oxygens (including phenoxy) is 15. The molecule has 4 heterocycles. The molecular formula is C80H106IN5O26S3. The van der Waals surface area contributed by atoms with Crippen molar-refractivity contribution in [1.82, 2.24) is 26.3 Å². The topological polar surface area (TPSA) is 389 Å². The molecular weight excluding hydrogens is 1670 g/mol. The molecule has 3 amide bonds. The number of nitrogens with one attached hydrogen (secondary N) is 4. The van der Waals surface area contributed by atoms with Gasteiger partial charge in [0.1, 0.15) is 48.3 Å². The van der Waals surface area contributed by atoms with E-state index < -0.39 is 140 Å². The third-order valence-corrected chi connectivity index (χ3v) is 26.1. The van der Waals surface area contributed by atoms with E-state index >= 15 is 0 Å². The number of benzene rings is 3. The second-order valence-corrected chi connectivity index (χ2v) is 33.7. The summed E-state index contributed by atoms with van der Waals surface area (Å²) in [7, 11) is 9.83. The van der Waals surface area contributed by atoms with Crippen molar-refractivity contribution in [3.05, 3.63) is 109 Å². The van der Waals surface area contributed by atoms with Crippen LogP contribution in [-0.4, -0.2) is 292 Å². The van der Waals surface area contributed by atoms with E-state index in [1.807, 2.05) is 72.5 Å². The summed E-state index contributed by atoms with van der Waals surface area (Å²) in [5, 5.41) is 78.7. The van der Waals surface area contributed by atoms with E-state index in [0.717, 1.165) is 29.4 Å². The largest absolute Gasteiger partial charge is 0.492 e. The molecule has 3 aliphatic carbocycles. The first kappa shape index (κ1) is 91.3. The summed E-state index contributed by atoms with van der Waals surface area (Å²) in [5.41, 5.74) is 5.86. The number of carbonyl (C=O) groups is 4. The third-order valence-electron chi connectivity index (χ3n) is 20.5. The van der Waals surface area contributed by atoms with Crippen molar-refractivity contribution in [3.63, 3.8) is 0 Å². The maximum atomic E-state index is 14.4. The number of thiol groups is 1. The molecule has 2 bridgehead atoms. The highest BCUT2D eigenvalue weighted by Gasteiger charge is 2.52. The summed E-state index contributed by atoms with van der Waals surface area (Å²) in [6.45, 7) is 14.6. The standard InChI is InChI=1S/C80H106IN5O26S3/c1-13-86(39-58(89)82-29-31-102-33-34-103-32-30-83-78(94)105-40-51-49-24-19-17-22-47(49)48-23-18-20-25-50(48)51)53-41-104-59(37-57(53)97-8)110-72-67(91)64(44(5)107-77(72)109-56-26-16-14-15-21-28-80(96)38-55(88)65(84-79(95)101-12)62(56)52(80)27-35-113-115-42(2)3)85-112-60-36-54(87)74(46(7)106-60)114-75(93)61-43(4)63(81)70(73(100-11)69(61)98-9)111-76-68(92)71(99-10)66(90)45(6)108-76/h14-15,17-20,22-25,27,42,44-46,51,53-54,56-57,59-60,64,66-68,71-72,74,76-77,85,87,90-93,96,114H,13,29-41H2,1-12H3,(H,82,89)(H,83,94)(H,84,95)/b15-14?,52-27+/t44-,45+,46-,53+,54+,56+,57+,59+,60+,64-,66+,67+,68-,71-,72-,74-,76+,77+,80+/m1/s1. The molecule has 632 valence electrons. The molecule has 7 aliphatic rings. The van der Waals surface area contributed by atoms with Crippen molar-refractivity contribution in [2.45, 2.75) is 194 Å². The number of ketones is 1. The monoisotopic (exact) mass is 1780 g/mol. The number of hydroxylamine groups is 1. The Morgan fingerprint density at radius 1 is 0.791 bits per heavy atom. The quantitative estimate of drug-likeness (QED) is 0.00672. The second-order valence-electron chi connectivity index (χ2n) is 28.3. The molecule has 35 heteroatoms. The number of allylic oxidation sites excluding steroid dienone is 3. The Bertz CT molecular complexity index is 4060. The predicted molar refractivity (Wildman–Crippen MR) is 436 cm³/mol. The number of likely N-dealkylation sites (N-methyl/N-ethyl adjacent to an activating group) is 1. The highest BCUT2D eigenvalue weighted by molar-refractivity contribution is 14.1. The van der Waals surface area contributed by atoms with Crippen LogP contribution in [0.3, 0.4) is 0 Å². The SMILES string of the molecule is CCN(CC(=O)NCCOCCOCCNC(=O)OCC1c2ccccc2-c2ccccc21)[C@H]1CO[C@@H](O[C@H]2[C@H](O[C@H]3C#CC=CC#C[C@]4(O)CC(=O)C(NC(=O)OC)=C3/C4=C\CSSC(C)C)O[C@H](C)[C@@H](NO[C@H]3C[C@H](O)[C@H]([SH]=C(O)c4c(C)c(I)c(O[C@@H]5O[C@@H](C)[C@H](O)[C@@H](OC)[C@H]5O)c(OC)c4OC)[C@@H](C)O3)[C@@H]2O)C[C@@H]1OC. The molecule has 0 unspecified atom stereocenters. The number of amides is 3. The average Bonchev–Trinajstić information content (AvgIpc) is 1.73. The van der Waals surface area contributed by atoms with Crippen LogP contribution in [0.1, 0.15) is 89.0 Å². The molecule has 10 N–H and O–H groups in total. The van der Waals surface area contributed by atoms with Crippen LogP contribution in [0.5, 0.6) is 17.2 Å². The van der Waals surface area contributed by atoms with Crippen LogP contribution in [-0.2, 0) is 71.3 Å². The van der Waals surface area contributed by atoms with E-state index in [4.69, 9.17) is 75.9 Å². The average molecular weight is 1780 g/mol. The number of hydrogen-bond donors (Lipinski definition) is 11. The number of Topliss-reactive ketones (excluding diaryl/α,β-unsaturated/α-hetero) is 1. The van der Waals surface area contributed by atoms with Crippen LogP contribution in [0.15, 0.2) is 83.6 Å². The lowest BCUT2D eigenvalue weighted by atomic mass is 9.75. The molecule has 3 aromatic carbocycles. The third kappa shape index (κ3) is 22.5. The highest BCUT2D eigenvalue weighted by atomic mass is 127. The number of halogens is 1. The molecule has 0 radical (unpaired) electrons. The molecule has 3 aromatic rings. The number of fused-ring (bicyclic) bond motifs is 5. The zero-order chi connectivity index (χ0) is 82.8. The van der Waals surface area contributed by atoms with Gasteiger partial charge in [0.25, 0.3) is 0 Å². The minimum absolute atomic E-state index is 0.0221. The van der Waals surface area contributed by atoms with Crippen LogP contribution in [0.4, 0.5) is 9.59 Å². The first-order valence-electron chi connectivity index (χ1n) is 38.0. The van der Waals surface area contributed by atoms with Gasteiger partial charge in [-0.05, 0) is 96.8 Å². The van der Waals surface area contributed by atoms with Gasteiger partial charge in [-0.1, -0.05) is 121 Å². The minimum Gasteiger partial charge on any atom is -0.492 e. The van der Waals surface area contributed by atoms with Crippen LogP contribution in [0.25, 0.3) is 11.1 Å². The predicted octanol–water partition coefficient (Wildman–Crippen LogP) is 5.36. The van der Waals surface area contributed by atoms with E-state index in [9.17, 15) is 49.8 Å². The van der Waals surface area contributed by atoms with Gasteiger partial charge < -0.3 is 112 Å². The van der Waals surface area contributed by atoms with Gasteiger partial charge in [-0.3, -0.25) is 24.6 Å². The Morgan fingerprint density at radius 2 is 1.47 bits per heavy atom. The maximum Gasteiger partial charge on any atom is 0.411 e. The van der Waals surface area contributed by atoms with Gasteiger partial charge >= 0.3 is 12.2 Å². The number of aliphatic hydroxyl groups excluding tert-OH is 5. The van der Waals surface area contributed by atoms with Gasteiger partial charge in [-0.15, -0.1) is 0 Å². The zero-order valence-electron chi connectivity index (χ0n) is 66.2. The van der Waals surface area contributed by atoms with Crippen molar-refractivity contribution in [3.8, 4) is 52.1 Å². The lowest BCUT2D eigenvalue weighted by Gasteiger charge is -2.47. The Balaban J connectivity index is 0.795. The number of methoxy groups -OCH3 is 5. The van der Waals surface area contributed by atoms with Gasteiger partial charge in [-0.2, -0.15) is 16.8 Å². The van der Waals surface area contributed by atoms with E-state index in [0.29, 0.717) is 21.4 Å². The zero-order valence-corrected chi connectivity index (χ0v) is 70.9. The lowest BCUT2D eigenvalue weighted by molar-refractivity contribution is -0.337. The molecule has 4 fully saturated rings. The van der Waals surface area contributed by atoms with Crippen molar-refractivity contribution < 1.29 is 126 Å². The fraction of sp³-hybridized carbons (Fsp3) is 0.588. The summed E-state index contributed by atoms with van der Waals surface area (Å²) < 4.78 is 91.1. The lowest BCUT2D eigenvalue weighted by Crippen LogP contribution is -2.65. The minimum atomic E-state index is -2.12. The van der Waals surface area contributed by atoms with Crippen molar-refractivity contribution in [2.24, 2.45) is 0 Å².